The number of ether oxygens (including phenoxy) is 2. The number of rotatable bonds is 5. The monoisotopic (exact) mass is 534 g/mol. The van der Waals surface area contributed by atoms with Crippen LogP contribution in [0.1, 0.15) is 46.3 Å². The first-order valence-electron chi connectivity index (χ1n) is 13.8. The quantitative estimate of drug-likeness (QED) is 0.291. The maximum absolute atomic E-state index is 13.2. The summed E-state index contributed by atoms with van der Waals surface area (Å²) in [6.45, 7) is 0. The first-order valence-corrected chi connectivity index (χ1v) is 13.8. The Morgan fingerprint density at radius 3 is 1.50 bits per heavy atom. The van der Waals surface area contributed by atoms with E-state index in [4.69, 9.17) is 9.47 Å². The zero-order valence-corrected chi connectivity index (χ0v) is 21.6. The van der Waals surface area contributed by atoms with E-state index in [-0.39, 0.29) is 0 Å². The van der Waals surface area contributed by atoms with Crippen molar-refractivity contribution >= 4 is 0 Å². The van der Waals surface area contributed by atoms with Gasteiger partial charge in [-0.15, -0.1) is 0 Å². The standard InChI is InChI=1S/C34H30O6/c35-26-25(21-13-5-1-6-14-21)31(37,28(26)36)33(38)27(22-15-7-2-8-16-22)32(29(39-32)23-17-9-3-10-18-23)34(33)30(40-34)24-19-11-4-12-20-24/h1-20,25-30,35-38H/t25?,26?,27?,28-,29?,30?,31-,32?,33+,34-/m1/s1. The number of fused-ring (bicyclic) bond motifs is 1. The first-order chi connectivity index (χ1) is 19.4. The molecule has 40 heavy (non-hydrogen) atoms. The molecule has 4 aromatic rings. The van der Waals surface area contributed by atoms with Crippen LogP contribution in [0.25, 0.3) is 0 Å². The largest absolute Gasteiger partial charge is 0.390 e. The van der Waals surface area contributed by atoms with E-state index in [9.17, 15) is 20.4 Å². The molecule has 6 nitrogen and oxygen atoms in total. The average Bonchev–Trinajstić information content (AvgIpc) is 3.93. The number of hydrogen-bond donors (Lipinski definition) is 4. The highest BCUT2D eigenvalue weighted by Gasteiger charge is 3.04. The Hall–Kier alpha value is -3.36. The molecule has 2 aliphatic carbocycles. The fraction of sp³-hybridized carbons (Fsp3) is 0.294. The van der Waals surface area contributed by atoms with Crippen molar-refractivity contribution in [2.24, 2.45) is 0 Å². The summed E-state index contributed by atoms with van der Waals surface area (Å²) >= 11 is 0. The van der Waals surface area contributed by atoms with Crippen molar-refractivity contribution in [1.29, 1.82) is 0 Å². The molecule has 2 aliphatic heterocycles. The van der Waals surface area contributed by atoms with Gasteiger partial charge in [-0.25, -0.2) is 0 Å². The zero-order valence-electron chi connectivity index (χ0n) is 21.6. The maximum Gasteiger partial charge on any atom is 0.164 e. The lowest BCUT2D eigenvalue weighted by Gasteiger charge is -2.70. The van der Waals surface area contributed by atoms with E-state index < -0.39 is 58.7 Å². The molecule has 4 aromatic carbocycles. The molecule has 10 atom stereocenters. The van der Waals surface area contributed by atoms with Crippen molar-refractivity contribution in [3.05, 3.63) is 144 Å². The van der Waals surface area contributed by atoms with Crippen LogP contribution in [0.15, 0.2) is 121 Å². The van der Waals surface area contributed by atoms with Gasteiger partial charge < -0.3 is 29.9 Å². The molecule has 2 saturated carbocycles. The van der Waals surface area contributed by atoms with Gasteiger partial charge in [-0.1, -0.05) is 121 Å². The van der Waals surface area contributed by atoms with Gasteiger partial charge in [0.1, 0.15) is 35.1 Å². The van der Waals surface area contributed by atoms with Crippen LogP contribution >= 0.6 is 0 Å². The molecule has 4 N–H and O–H groups in total. The molecule has 0 aromatic heterocycles. The molecule has 0 bridgehead atoms. The van der Waals surface area contributed by atoms with Crippen molar-refractivity contribution < 1.29 is 29.9 Å². The van der Waals surface area contributed by atoms with E-state index in [0.29, 0.717) is 5.56 Å². The molecule has 202 valence electrons. The van der Waals surface area contributed by atoms with Gasteiger partial charge in [-0.2, -0.15) is 0 Å². The summed E-state index contributed by atoms with van der Waals surface area (Å²) in [5.74, 6) is -1.69. The molecule has 2 spiro atoms. The van der Waals surface area contributed by atoms with Crippen LogP contribution < -0.4 is 0 Å². The van der Waals surface area contributed by atoms with Gasteiger partial charge in [-0.3, -0.25) is 0 Å². The minimum Gasteiger partial charge on any atom is -0.390 e. The second-order valence-electron chi connectivity index (χ2n) is 11.6. The Kier molecular flexibility index (Phi) is 4.95. The van der Waals surface area contributed by atoms with E-state index in [1.165, 1.54) is 0 Å². The Morgan fingerprint density at radius 2 is 0.975 bits per heavy atom. The van der Waals surface area contributed by atoms with Gasteiger partial charge in [0.25, 0.3) is 0 Å². The van der Waals surface area contributed by atoms with E-state index in [1.807, 2.05) is 109 Å². The minimum absolute atomic E-state index is 0.395. The van der Waals surface area contributed by atoms with Crippen LogP contribution in [0.4, 0.5) is 0 Å². The van der Waals surface area contributed by atoms with Crippen molar-refractivity contribution in [1.82, 2.24) is 0 Å². The molecule has 4 fully saturated rings. The fourth-order valence-corrected chi connectivity index (χ4v) is 8.24. The van der Waals surface area contributed by atoms with Gasteiger partial charge >= 0.3 is 0 Å². The molecule has 6 unspecified atom stereocenters. The molecule has 2 heterocycles. The number of epoxide rings is 2. The lowest BCUT2D eigenvalue weighted by atomic mass is 9.37. The van der Waals surface area contributed by atoms with Gasteiger partial charge in [0.05, 0.1) is 12.0 Å². The molecule has 0 radical (unpaired) electrons. The van der Waals surface area contributed by atoms with Gasteiger partial charge in [0, 0.05) is 5.92 Å². The van der Waals surface area contributed by atoms with Gasteiger partial charge in [0.2, 0.25) is 0 Å². The zero-order chi connectivity index (χ0) is 27.3. The third kappa shape index (κ3) is 2.65. The highest BCUT2D eigenvalue weighted by molar-refractivity contribution is 5.61. The first kappa shape index (κ1) is 24.4. The predicted octanol–water partition coefficient (Wildman–Crippen LogP) is 3.79. The van der Waals surface area contributed by atoms with Gasteiger partial charge in [0.15, 0.2) is 5.60 Å². The fourth-order valence-electron chi connectivity index (χ4n) is 8.24. The maximum atomic E-state index is 13.2. The van der Waals surface area contributed by atoms with Crippen LogP contribution in [0.2, 0.25) is 0 Å². The highest BCUT2D eigenvalue weighted by atomic mass is 16.7. The second kappa shape index (κ2) is 8.10. The Morgan fingerprint density at radius 1 is 0.525 bits per heavy atom. The van der Waals surface area contributed by atoms with Crippen molar-refractivity contribution in [2.75, 3.05) is 0 Å². The topological polar surface area (TPSA) is 106 Å². The van der Waals surface area contributed by atoms with E-state index >= 15 is 0 Å². The lowest BCUT2D eigenvalue weighted by Crippen LogP contribution is -2.90. The van der Waals surface area contributed by atoms with E-state index in [2.05, 4.69) is 0 Å². The molecule has 2 saturated heterocycles. The van der Waals surface area contributed by atoms with Crippen LogP contribution in [0.3, 0.4) is 0 Å². The number of aliphatic hydroxyl groups is 4. The number of benzene rings is 4. The third-order valence-corrected chi connectivity index (χ3v) is 9.95. The van der Waals surface area contributed by atoms with Crippen LogP contribution in [-0.2, 0) is 9.47 Å². The average molecular weight is 535 g/mol. The highest BCUT2D eigenvalue weighted by Crippen LogP contribution is 2.89. The van der Waals surface area contributed by atoms with Crippen LogP contribution in [0.5, 0.6) is 0 Å². The summed E-state index contributed by atoms with van der Waals surface area (Å²) in [5, 5.41) is 48.2. The summed E-state index contributed by atoms with van der Waals surface area (Å²) in [7, 11) is 0. The summed E-state index contributed by atoms with van der Waals surface area (Å²) in [6.07, 6.45) is -3.84. The molecule has 8 rings (SSSR count). The summed E-state index contributed by atoms with van der Waals surface area (Å²) in [6, 6.07) is 38.1. The summed E-state index contributed by atoms with van der Waals surface area (Å²) in [4.78, 5) is 0. The Bertz CT molecular complexity index is 1550. The van der Waals surface area contributed by atoms with Gasteiger partial charge in [-0.05, 0) is 22.3 Å². The third-order valence-electron chi connectivity index (χ3n) is 9.95. The molecular weight excluding hydrogens is 504 g/mol. The van der Waals surface area contributed by atoms with Crippen molar-refractivity contribution in [3.63, 3.8) is 0 Å². The van der Waals surface area contributed by atoms with Crippen LogP contribution in [0, 0.1) is 0 Å². The predicted molar refractivity (Wildman–Crippen MR) is 146 cm³/mol. The van der Waals surface area contributed by atoms with Crippen molar-refractivity contribution in [2.45, 2.75) is 58.7 Å². The molecule has 4 aliphatic rings. The molecule has 6 heteroatoms. The number of aliphatic hydroxyl groups excluding tert-OH is 2. The molecule has 0 amide bonds. The smallest absolute Gasteiger partial charge is 0.164 e. The summed E-state index contributed by atoms with van der Waals surface area (Å²) in [5.41, 5.74) is -3.30. The lowest BCUT2D eigenvalue weighted by molar-refractivity contribution is -0.362. The Labute approximate surface area is 232 Å². The SMILES string of the molecule is OC1C(c2ccccc2)[C@](O)([C@@]2(O)C(c3ccccc3)C3(OC3c3ccccc3)[C@@]23OC3c2ccccc2)[C@@H]1O. The van der Waals surface area contributed by atoms with Crippen LogP contribution in [-0.4, -0.2) is 55.0 Å². The Balaban J connectivity index is 1.35. The van der Waals surface area contributed by atoms with E-state index in [0.717, 1.165) is 16.7 Å². The second-order valence-corrected chi connectivity index (χ2v) is 11.6. The normalized spacial score (nSPS) is 42.7. The number of hydrogen-bond acceptors (Lipinski definition) is 6. The van der Waals surface area contributed by atoms with E-state index in [1.54, 1.807) is 12.1 Å². The van der Waals surface area contributed by atoms with Crippen molar-refractivity contribution in [3.8, 4) is 0 Å². The minimum atomic E-state index is -2.13. The summed E-state index contributed by atoms with van der Waals surface area (Å²) < 4.78 is 13.2. The molecular formula is C34H30O6.